The molecule has 4 N–H and O–H groups in total. The predicted molar refractivity (Wildman–Crippen MR) is 77.0 cm³/mol. The Labute approximate surface area is 117 Å². The molecule has 1 fully saturated rings. The van der Waals surface area contributed by atoms with Crippen LogP contribution in [0.1, 0.15) is 12.8 Å². The van der Waals surface area contributed by atoms with Gasteiger partial charge in [0.05, 0.1) is 23.7 Å². The fraction of sp³-hybridized carbons (Fsp3) is 0.538. The zero-order valence-electron chi connectivity index (χ0n) is 11.0. The molecule has 0 radical (unpaired) electrons. The van der Waals surface area contributed by atoms with Gasteiger partial charge in [0.15, 0.2) is 5.82 Å². The molecule has 2 rings (SSSR count). The molecule has 4 nitrogen and oxygen atoms in total. The van der Waals surface area contributed by atoms with Crippen molar-refractivity contribution in [2.24, 2.45) is 5.92 Å². The molecule has 0 saturated heterocycles. The lowest BCUT2D eigenvalue weighted by Gasteiger charge is -2.22. The number of hydrogen-bond acceptors (Lipinski definition) is 4. The highest BCUT2D eigenvalue weighted by atomic mass is 35.5. The van der Waals surface area contributed by atoms with E-state index >= 15 is 0 Å². The third-order valence-electron chi connectivity index (χ3n) is 3.24. The van der Waals surface area contributed by atoms with Crippen molar-refractivity contribution in [1.82, 2.24) is 0 Å². The van der Waals surface area contributed by atoms with E-state index < -0.39 is 5.82 Å². The molecule has 6 heteroatoms. The summed E-state index contributed by atoms with van der Waals surface area (Å²) < 4.78 is 19.6. The maximum Gasteiger partial charge on any atom is 0.169 e. The van der Waals surface area contributed by atoms with Crippen LogP contribution in [0.25, 0.3) is 0 Å². The molecule has 19 heavy (non-hydrogen) atoms. The lowest BCUT2D eigenvalue weighted by atomic mass is 10.2. The van der Waals surface area contributed by atoms with E-state index in [2.05, 4.69) is 0 Å². The van der Waals surface area contributed by atoms with E-state index in [0.717, 1.165) is 12.5 Å². The third kappa shape index (κ3) is 3.42. The van der Waals surface area contributed by atoms with Crippen LogP contribution in [0.2, 0.25) is 5.02 Å². The molecule has 0 bridgehead atoms. The maximum atomic E-state index is 14.0. The first-order valence-corrected chi connectivity index (χ1v) is 6.70. The van der Waals surface area contributed by atoms with E-state index in [-0.39, 0.29) is 22.1 Å². The van der Waals surface area contributed by atoms with Gasteiger partial charge in [-0.05, 0) is 24.8 Å². The molecule has 1 aromatic carbocycles. The summed E-state index contributed by atoms with van der Waals surface area (Å²) in [5.41, 5.74) is 12.1. The Morgan fingerprint density at radius 1 is 1.42 bits per heavy atom. The molecule has 1 aliphatic rings. The Balaban J connectivity index is 1.97. The lowest BCUT2D eigenvalue weighted by molar-refractivity contribution is 0.131. The number of hydrogen-bond donors (Lipinski definition) is 2. The van der Waals surface area contributed by atoms with Gasteiger partial charge in [0, 0.05) is 20.2 Å². The second-order valence-corrected chi connectivity index (χ2v) is 5.35. The van der Waals surface area contributed by atoms with Crippen LogP contribution in [0.4, 0.5) is 21.5 Å². The molecule has 1 aliphatic carbocycles. The molecule has 0 unspecified atom stereocenters. The first kappa shape index (κ1) is 14.2. The molecular weight excluding hydrogens is 269 g/mol. The van der Waals surface area contributed by atoms with Crippen molar-refractivity contribution in [3.8, 4) is 0 Å². The van der Waals surface area contributed by atoms with E-state index in [0.29, 0.717) is 13.2 Å². The number of nitrogens with zero attached hydrogens (tertiary/aromatic N) is 1. The van der Waals surface area contributed by atoms with Crippen molar-refractivity contribution in [2.45, 2.75) is 12.8 Å². The quantitative estimate of drug-likeness (QED) is 0.623. The van der Waals surface area contributed by atoms with Gasteiger partial charge in [0.25, 0.3) is 0 Å². The molecule has 106 valence electrons. The van der Waals surface area contributed by atoms with Gasteiger partial charge in [-0.25, -0.2) is 4.39 Å². The van der Waals surface area contributed by atoms with Crippen molar-refractivity contribution >= 4 is 28.7 Å². The van der Waals surface area contributed by atoms with Crippen LogP contribution in [-0.2, 0) is 4.74 Å². The fourth-order valence-electron chi connectivity index (χ4n) is 1.89. The Hall–Kier alpha value is -1.20. The van der Waals surface area contributed by atoms with Crippen molar-refractivity contribution in [2.75, 3.05) is 43.2 Å². The zero-order valence-corrected chi connectivity index (χ0v) is 11.7. The fourth-order valence-corrected chi connectivity index (χ4v) is 2.04. The highest BCUT2D eigenvalue weighted by Gasteiger charge is 2.21. The van der Waals surface area contributed by atoms with Crippen LogP contribution < -0.4 is 16.4 Å². The molecule has 0 aromatic heterocycles. The van der Waals surface area contributed by atoms with E-state index in [1.54, 1.807) is 11.9 Å². The molecular formula is C13H19ClFN3O. The average molecular weight is 288 g/mol. The van der Waals surface area contributed by atoms with Crippen LogP contribution in [0.5, 0.6) is 0 Å². The summed E-state index contributed by atoms with van der Waals surface area (Å²) in [6, 6.07) is 1.47. The van der Waals surface area contributed by atoms with E-state index in [1.807, 2.05) is 0 Å². The monoisotopic (exact) mass is 287 g/mol. The Kier molecular flexibility index (Phi) is 4.37. The van der Waals surface area contributed by atoms with Crippen molar-refractivity contribution in [3.05, 3.63) is 16.9 Å². The average Bonchev–Trinajstić information content (AvgIpc) is 3.16. The van der Waals surface area contributed by atoms with Gasteiger partial charge < -0.3 is 21.1 Å². The van der Waals surface area contributed by atoms with Crippen molar-refractivity contribution in [1.29, 1.82) is 0 Å². The minimum absolute atomic E-state index is 0.0880. The van der Waals surface area contributed by atoms with Crippen LogP contribution in [0, 0.1) is 11.7 Å². The number of anilines is 3. The van der Waals surface area contributed by atoms with Gasteiger partial charge in [0.1, 0.15) is 5.02 Å². The van der Waals surface area contributed by atoms with Crippen LogP contribution in [-0.4, -0.2) is 26.8 Å². The van der Waals surface area contributed by atoms with Gasteiger partial charge in [-0.3, -0.25) is 0 Å². The Bertz CT molecular complexity index is 466. The summed E-state index contributed by atoms with van der Waals surface area (Å²) in [7, 11) is 1.75. The largest absolute Gasteiger partial charge is 0.397 e. The van der Waals surface area contributed by atoms with Crippen LogP contribution in [0.3, 0.4) is 0 Å². The van der Waals surface area contributed by atoms with Gasteiger partial charge in [-0.15, -0.1) is 0 Å². The van der Waals surface area contributed by atoms with Crippen LogP contribution >= 0.6 is 11.6 Å². The molecule has 0 spiro atoms. The normalized spacial score (nSPS) is 14.7. The summed E-state index contributed by atoms with van der Waals surface area (Å²) >= 11 is 5.80. The first-order valence-electron chi connectivity index (χ1n) is 6.32. The number of benzene rings is 1. The third-order valence-corrected chi connectivity index (χ3v) is 3.63. The summed E-state index contributed by atoms with van der Waals surface area (Å²) in [4.78, 5) is 1.70. The highest BCUT2D eigenvalue weighted by molar-refractivity contribution is 6.33. The lowest BCUT2D eigenvalue weighted by Crippen LogP contribution is -2.25. The van der Waals surface area contributed by atoms with Crippen molar-refractivity contribution < 1.29 is 9.13 Å². The van der Waals surface area contributed by atoms with Crippen LogP contribution in [0.15, 0.2) is 6.07 Å². The SMILES string of the molecule is CN(CCOCC1CC1)c1c(N)cc(N)c(Cl)c1F. The van der Waals surface area contributed by atoms with E-state index in [4.69, 9.17) is 27.8 Å². The van der Waals surface area contributed by atoms with E-state index in [9.17, 15) is 4.39 Å². The second kappa shape index (κ2) is 5.84. The summed E-state index contributed by atoms with van der Waals surface area (Å²) in [6.07, 6.45) is 2.51. The van der Waals surface area contributed by atoms with Crippen molar-refractivity contribution in [3.63, 3.8) is 0 Å². The van der Waals surface area contributed by atoms with E-state index in [1.165, 1.54) is 18.9 Å². The smallest absolute Gasteiger partial charge is 0.169 e. The summed E-state index contributed by atoms with van der Waals surface area (Å²) in [6.45, 7) is 1.87. The Morgan fingerprint density at radius 2 is 2.11 bits per heavy atom. The minimum Gasteiger partial charge on any atom is -0.397 e. The number of nitrogen functional groups attached to an aromatic ring is 2. The molecule has 0 aliphatic heterocycles. The molecule has 0 heterocycles. The summed E-state index contributed by atoms with van der Waals surface area (Å²) in [5.74, 6) is 0.141. The number of ether oxygens (including phenoxy) is 1. The zero-order chi connectivity index (χ0) is 14.0. The topological polar surface area (TPSA) is 64.5 Å². The predicted octanol–water partition coefficient (Wildman–Crippen LogP) is 2.51. The number of likely N-dealkylation sites (N-methyl/N-ethyl adjacent to an activating group) is 1. The minimum atomic E-state index is -0.580. The molecule has 0 atom stereocenters. The highest BCUT2D eigenvalue weighted by Crippen LogP contribution is 2.35. The van der Waals surface area contributed by atoms with Gasteiger partial charge in [-0.2, -0.15) is 0 Å². The molecule has 0 amide bonds. The first-order chi connectivity index (χ1) is 9.00. The van der Waals surface area contributed by atoms with Gasteiger partial charge in [0.2, 0.25) is 0 Å². The standard InChI is InChI=1S/C13H19ClFN3O/c1-18(4-5-19-7-8-2-3-8)13-10(17)6-9(16)11(14)12(13)15/h6,8H,2-5,7,16-17H2,1H3. The molecule has 1 aromatic rings. The Morgan fingerprint density at radius 3 is 2.74 bits per heavy atom. The van der Waals surface area contributed by atoms with Gasteiger partial charge in [-0.1, -0.05) is 11.6 Å². The van der Waals surface area contributed by atoms with Gasteiger partial charge >= 0.3 is 0 Å². The molecule has 1 saturated carbocycles. The number of nitrogens with two attached hydrogens (primary N) is 2. The number of rotatable bonds is 6. The second-order valence-electron chi connectivity index (χ2n) is 4.97. The number of halogens is 2. The summed E-state index contributed by atoms with van der Waals surface area (Å²) in [5, 5.41) is -0.0880. The maximum absolute atomic E-state index is 14.0.